The van der Waals surface area contributed by atoms with Crippen molar-refractivity contribution >= 4 is 35.1 Å². The Morgan fingerprint density at radius 1 is 1.25 bits per heavy atom. The number of hydrogen-bond acceptors (Lipinski definition) is 8. The van der Waals surface area contributed by atoms with Gasteiger partial charge in [-0.1, -0.05) is 18.2 Å². The lowest BCUT2D eigenvalue weighted by Gasteiger charge is -2.15. The zero-order valence-electron chi connectivity index (χ0n) is 15.5. The number of nitrogen functional groups attached to an aromatic ring is 1. The number of carbonyl (C=O) groups excluding carboxylic acids is 1. The summed E-state index contributed by atoms with van der Waals surface area (Å²) in [4.78, 5) is 11.9. The molecule has 3 aromatic rings. The summed E-state index contributed by atoms with van der Waals surface area (Å²) >= 11 is 0. The lowest BCUT2D eigenvalue weighted by molar-refractivity contribution is -0.126. The number of carbonyl (C=O) groups is 1. The van der Waals surface area contributed by atoms with Crippen LogP contribution in [0, 0.1) is 0 Å². The maximum Gasteiger partial charge on any atom is 0.488 e. The SMILES string of the molecule is CN(C)NC(=O)COc1ccc(B(O)O)cc1-c1ccc2c(N)cnnc2c1. The van der Waals surface area contributed by atoms with E-state index in [1.165, 1.54) is 17.3 Å². The summed E-state index contributed by atoms with van der Waals surface area (Å²) in [5.74, 6) is 0.0916. The van der Waals surface area contributed by atoms with Gasteiger partial charge < -0.3 is 20.5 Å². The van der Waals surface area contributed by atoms with Gasteiger partial charge in [0.25, 0.3) is 5.91 Å². The molecular formula is C18H20BN5O4. The molecule has 1 amide bonds. The van der Waals surface area contributed by atoms with Gasteiger partial charge in [-0.2, -0.15) is 10.2 Å². The van der Waals surface area contributed by atoms with Crippen molar-refractivity contribution in [3.05, 3.63) is 42.6 Å². The molecule has 0 atom stereocenters. The summed E-state index contributed by atoms with van der Waals surface area (Å²) in [5.41, 5.74) is 11.2. The van der Waals surface area contributed by atoms with E-state index in [0.717, 1.165) is 5.39 Å². The molecule has 2 aromatic carbocycles. The third-order valence-corrected chi connectivity index (χ3v) is 3.99. The van der Waals surface area contributed by atoms with E-state index in [-0.39, 0.29) is 12.5 Å². The molecule has 28 heavy (non-hydrogen) atoms. The van der Waals surface area contributed by atoms with Gasteiger partial charge in [0.2, 0.25) is 0 Å². The first kappa shape index (κ1) is 19.6. The Hall–Kier alpha value is -3.21. The van der Waals surface area contributed by atoms with E-state index >= 15 is 0 Å². The molecule has 0 bridgehead atoms. The number of hydrogen-bond donors (Lipinski definition) is 4. The summed E-state index contributed by atoms with van der Waals surface area (Å²) in [6.45, 7) is -0.202. The Labute approximate surface area is 161 Å². The minimum atomic E-state index is -1.64. The average molecular weight is 381 g/mol. The van der Waals surface area contributed by atoms with E-state index in [2.05, 4.69) is 15.6 Å². The van der Waals surface area contributed by atoms with E-state index in [4.69, 9.17) is 10.5 Å². The minimum absolute atomic E-state index is 0.202. The second kappa shape index (κ2) is 8.22. The van der Waals surface area contributed by atoms with Crippen molar-refractivity contribution in [3.8, 4) is 16.9 Å². The van der Waals surface area contributed by atoms with Crippen molar-refractivity contribution in [2.45, 2.75) is 0 Å². The van der Waals surface area contributed by atoms with Crippen LogP contribution in [0.2, 0.25) is 0 Å². The molecule has 0 saturated carbocycles. The van der Waals surface area contributed by atoms with Crippen LogP contribution in [0.5, 0.6) is 5.75 Å². The highest BCUT2D eigenvalue weighted by atomic mass is 16.5. The van der Waals surface area contributed by atoms with Gasteiger partial charge in [0.05, 0.1) is 17.4 Å². The third kappa shape index (κ3) is 4.37. The molecule has 5 N–H and O–H groups in total. The van der Waals surface area contributed by atoms with Crippen LogP contribution < -0.4 is 21.4 Å². The fourth-order valence-electron chi connectivity index (χ4n) is 2.73. The normalized spacial score (nSPS) is 10.9. The predicted octanol–water partition coefficient (Wildman–Crippen LogP) is -0.470. The van der Waals surface area contributed by atoms with Gasteiger partial charge in [0.15, 0.2) is 6.61 Å². The zero-order valence-corrected chi connectivity index (χ0v) is 15.5. The number of anilines is 1. The molecule has 0 spiro atoms. The smallest absolute Gasteiger partial charge is 0.483 e. The Morgan fingerprint density at radius 2 is 2.04 bits per heavy atom. The van der Waals surface area contributed by atoms with Crippen LogP contribution in [0.3, 0.4) is 0 Å². The van der Waals surface area contributed by atoms with Crippen LogP contribution in [-0.4, -0.2) is 59.0 Å². The molecule has 10 heteroatoms. The average Bonchev–Trinajstić information content (AvgIpc) is 2.65. The minimum Gasteiger partial charge on any atom is -0.483 e. The van der Waals surface area contributed by atoms with Crippen LogP contribution in [0.1, 0.15) is 0 Å². The summed E-state index contributed by atoms with van der Waals surface area (Å²) in [7, 11) is 1.76. The van der Waals surface area contributed by atoms with E-state index < -0.39 is 7.12 Å². The molecule has 1 aromatic heterocycles. The molecule has 144 valence electrons. The predicted molar refractivity (Wildman–Crippen MR) is 107 cm³/mol. The number of nitrogens with two attached hydrogens (primary N) is 1. The maximum atomic E-state index is 11.9. The fourth-order valence-corrected chi connectivity index (χ4v) is 2.73. The third-order valence-electron chi connectivity index (χ3n) is 3.99. The number of benzene rings is 2. The Bertz CT molecular complexity index is 1010. The van der Waals surface area contributed by atoms with E-state index in [1.807, 2.05) is 6.07 Å². The van der Waals surface area contributed by atoms with Gasteiger partial charge in [-0.25, -0.2) is 5.01 Å². The van der Waals surface area contributed by atoms with Crippen molar-refractivity contribution < 1.29 is 19.6 Å². The van der Waals surface area contributed by atoms with E-state index in [9.17, 15) is 14.8 Å². The monoisotopic (exact) mass is 381 g/mol. The second-order valence-corrected chi connectivity index (χ2v) is 6.38. The van der Waals surface area contributed by atoms with Crippen LogP contribution in [0.15, 0.2) is 42.6 Å². The van der Waals surface area contributed by atoms with Crippen molar-refractivity contribution in [2.75, 3.05) is 26.4 Å². The number of nitrogens with zero attached hydrogens (tertiary/aromatic N) is 3. The molecular weight excluding hydrogens is 361 g/mol. The fraction of sp³-hybridized carbons (Fsp3) is 0.167. The molecule has 0 saturated heterocycles. The van der Waals surface area contributed by atoms with Crippen LogP contribution in [0.25, 0.3) is 22.0 Å². The van der Waals surface area contributed by atoms with Crippen molar-refractivity contribution in [2.24, 2.45) is 0 Å². The molecule has 0 aliphatic rings. The van der Waals surface area contributed by atoms with E-state index in [1.54, 1.807) is 38.4 Å². The van der Waals surface area contributed by atoms with Gasteiger partial charge in [0, 0.05) is 25.0 Å². The lowest BCUT2D eigenvalue weighted by atomic mass is 9.79. The number of fused-ring (bicyclic) bond motifs is 1. The first-order valence-corrected chi connectivity index (χ1v) is 8.46. The first-order valence-electron chi connectivity index (χ1n) is 8.46. The highest BCUT2D eigenvalue weighted by molar-refractivity contribution is 6.58. The molecule has 9 nitrogen and oxygen atoms in total. The van der Waals surface area contributed by atoms with Crippen LogP contribution >= 0.6 is 0 Å². The quantitative estimate of drug-likeness (QED) is 0.333. The number of amides is 1. The van der Waals surface area contributed by atoms with Crippen LogP contribution in [-0.2, 0) is 4.79 Å². The lowest BCUT2D eigenvalue weighted by Crippen LogP contribution is -2.39. The molecule has 0 unspecified atom stereocenters. The summed E-state index contributed by atoms with van der Waals surface area (Å²) < 4.78 is 5.66. The highest BCUT2D eigenvalue weighted by Gasteiger charge is 2.17. The highest BCUT2D eigenvalue weighted by Crippen LogP contribution is 2.32. The number of nitrogens with one attached hydrogen (secondary N) is 1. The number of rotatable bonds is 6. The van der Waals surface area contributed by atoms with Gasteiger partial charge in [0.1, 0.15) is 5.75 Å². The number of hydrazine groups is 1. The van der Waals surface area contributed by atoms with Gasteiger partial charge in [-0.15, -0.1) is 0 Å². The largest absolute Gasteiger partial charge is 0.488 e. The molecule has 0 aliphatic heterocycles. The van der Waals surface area contributed by atoms with Gasteiger partial charge in [-0.05, 0) is 29.2 Å². The van der Waals surface area contributed by atoms with Crippen molar-refractivity contribution in [1.29, 1.82) is 0 Å². The Kier molecular flexibility index (Phi) is 5.74. The van der Waals surface area contributed by atoms with Gasteiger partial charge >= 0.3 is 7.12 Å². The summed E-state index contributed by atoms with van der Waals surface area (Å²) in [6, 6.07) is 10.1. The molecule has 0 fully saturated rings. The molecule has 3 rings (SSSR count). The topological polar surface area (TPSA) is 134 Å². The second-order valence-electron chi connectivity index (χ2n) is 6.38. The first-order chi connectivity index (χ1) is 13.3. The number of ether oxygens (including phenoxy) is 1. The Morgan fingerprint density at radius 3 is 2.75 bits per heavy atom. The summed E-state index contributed by atoms with van der Waals surface area (Å²) in [5, 5.41) is 29.2. The maximum absolute atomic E-state index is 11.9. The van der Waals surface area contributed by atoms with Gasteiger partial charge in [-0.3, -0.25) is 10.2 Å². The summed E-state index contributed by atoms with van der Waals surface area (Å²) in [6.07, 6.45) is 1.47. The zero-order chi connectivity index (χ0) is 20.3. The Balaban J connectivity index is 1.99. The molecule has 1 heterocycles. The van der Waals surface area contributed by atoms with Crippen molar-refractivity contribution in [1.82, 2.24) is 20.6 Å². The van der Waals surface area contributed by atoms with Crippen molar-refractivity contribution in [3.63, 3.8) is 0 Å². The molecule has 0 aliphatic carbocycles. The molecule has 0 radical (unpaired) electrons. The van der Waals surface area contributed by atoms with E-state index in [0.29, 0.717) is 33.5 Å². The number of aromatic nitrogens is 2. The van der Waals surface area contributed by atoms with Crippen LogP contribution in [0.4, 0.5) is 5.69 Å². The standard InChI is InChI=1S/C18H20BN5O4/c1-24(2)23-18(25)10-28-17-6-4-12(19(26)27)8-14(17)11-3-5-13-15(20)9-21-22-16(13)7-11/h3-9,26-27H,10H2,1-2H3,(H2,20,22)(H,23,25).